The number of rotatable bonds is 7. The summed E-state index contributed by atoms with van der Waals surface area (Å²) in [5.74, 6) is 0.534. The molecule has 0 saturated heterocycles. The second kappa shape index (κ2) is 9.45. The van der Waals surface area contributed by atoms with Crippen molar-refractivity contribution < 1.29 is 14.3 Å². The summed E-state index contributed by atoms with van der Waals surface area (Å²) in [6.45, 7) is 2.42. The summed E-state index contributed by atoms with van der Waals surface area (Å²) >= 11 is 0. The van der Waals surface area contributed by atoms with E-state index in [2.05, 4.69) is 11.5 Å². The molecule has 1 heterocycles. The fraction of sp³-hybridized carbons (Fsp3) is 0.476. The van der Waals surface area contributed by atoms with Gasteiger partial charge in [0.05, 0.1) is 5.69 Å². The van der Waals surface area contributed by atoms with Gasteiger partial charge in [-0.2, -0.15) is 5.10 Å². The highest BCUT2D eigenvalue weighted by Crippen LogP contribution is 2.33. The van der Waals surface area contributed by atoms with E-state index in [0.717, 1.165) is 11.3 Å². The fourth-order valence-corrected chi connectivity index (χ4v) is 3.85. The van der Waals surface area contributed by atoms with Gasteiger partial charge in [0.25, 0.3) is 5.91 Å². The van der Waals surface area contributed by atoms with Crippen molar-refractivity contribution >= 4 is 17.6 Å². The third-order valence-electron chi connectivity index (χ3n) is 5.23. The number of hydrogen-bond donors (Lipinski definition) is 3. The molecular formula is C21H29N5O3. The Balaban J connectivity index is 1.60. The lowest BCUT2D eigenvalue weighted by molar-refractivity contribution is -0.121. The highest BCUT2D eigenvalue weighted by Gasteiger charge is 2.21. The predicted molar refractivity (Wildman–Crippen MR) is 111 cm³/mol. The van der Waals surface area contributed by atoms with E-state index in [4.69, 9.17) is 15.6 Å². The fourth-order valence-electron chi connectivity index (χ4n) is 3.85. The molecule has 0 spiro atoms. The second-order valence-electron chi connectivity index (χ2n) is 7.58. The van der Waals surface area contributed by atoms with Crippen molar-refractivity contribution in [2.24, 2.45) is 12.8 Å². The summed E-state index contributed by atoms with van der Waals surface area (Å²) < 4.78 is 7.31. The summed E-state index contributed by atoms with van der Waals surface area (Å²) in [5.41, 5.74) is 9.36. The molecule has 29 heavy (non-hydrogen) atoms. The molecule has 1 aliphatic rings. The number of amides is 3. The van der Waals surface area contributed by atoms with Crippen molar-refractivity contribution in [3.05, 3.63) is 41.2 Å². The number of aromatic nitrogens is 2. The molecule has 8 heteroatoms. The van der Waals surface area contributed by atoms with Crippen LogP contribution in [0.5, 0.6) is 5.75 Å². The summed E-state index contributed by atoms with van der Waals surface area (Å²) in [5, 5.41) is 10.2. The lowest BCUT2D eigenvalue weighted by Crippen LogP contribution is -2.38. The van der Waals surface area contributed by atoms with Crippen LogP contribution in [0.3, 0.4) is 0 Å². The van der Waals surface area contributed by atoms with Gasteiger partial charge in [0.2, 0.25) is 0 Å². The van der Waals surface area contributed by atoms with E-state index in [0.29, 0.717) is 18.2 Å². The van der Waals surface area contributed by atoms with Gasteiger partial charge in [0.1, 0.15) is 5.75 Å². The molecule has 0 unspecified atom stereocenters. The number of carbonyl (C=O) groups is 2. The number of nitrogens with one attached hydrogen (secondary N) is 2. The molecule has 0 bridgehead atoms. The van der Waals surface area contributed by atoms with Crippen LogP contribution in [0.15, 0.2) is 24.4 Å². The van der Waals surface area contributed by atoms with Crippen LogP contribution < -0.4 is 21.1 Å². The predicted octanol–water partition coefficient (Wildman–Crippen LogP) is 2.96. The molecule has 1 saturated carbocycles. The Morgan fingerprint density at radius 1 is 1.28 bits per heavy atom. The number of ether oxygens (including phenoxy) is 1. The summed E-state index contributed by atoms with van der Waals surface area (Å²) in [6.07, 6.45) is 8.44. The number of benzene rings is 1. The van der Waals surface area contributed by atoms with Crippen LogP contribution in [-0.2, 0) is 18.4 Å². The van der Waals surface area contributed by atoms with Gasteiger partial charge < -0.3 is 15.8 Å². The van der Waals surface area contributed by atoms with Crippen LogP contribution in [0.25, 0.3) is 0 Å². The average Bonchev–Trinajstić information content (AvgIpc) is 3.06. The number of hydrogen-bond acceptors (Lipinski definition) is 5. The van der Waals surface area contributed by atoms with Crippen molar-refractivity contribution in [2.75, 3.05) is 11.9 Å². The number of urea groups is 1. The molecule has 1 aromatic carbocycles. The molecule has 3 rings (SSSR count). The van der Waals surface area contributed by atoms with Crippen LogP contribution >= 0.6 is 0 Å². The van der Waals surface area contributed by atoms with Crippen LogP contribution in [0.4, 0.5) is 10.5 Å². The summed E-state index contributed by atoms with van der Waals surface area (Å²) in [7, 11) is 1.97. The second-order valence-corrected chi connectivity index (χ2v) is 7.58. The van der Waals surface area contributed by atoms with Gasteiger partial charge in [0.15, 0.2) is 6.61 Å². The van der Waals surface area contributed by atoms with Gasteiger partial charge in [-0.15, -0.1) is 0 Å². The van der Waals surface area contributed by atoms with E-state index in [1.807, 2.05) is 36.1 Å². The molecular weight excluding hydrogens is 370 g/mol. The number of primary amides is 1. The van der Waals surface area contributed by atoms with E-state index in [9.17, 15) is 9.59 Å². The van der Waals surface area contributed by atoms with E-state index < -0.39 is 11.9 Å². The maximum Gasteiger partial charge on any atom is 0.318 e. The van der Waals surface area contributed by atoms with Crippen molar-refractivity contribution in [1.82, 2.24) is 15.1 Å². The normalized spacial score (nSPS) is 14.4. The summed E-state index contributed by atoms with van der Waals surface area (Å²) in [6, 6.07) is 4.67. The third kappa shape index (κ3) is 5.73. The smallest absolute Gasteiger partial charge is 0.318 e. The van der Waals surface area contributed by atoms with Crippen molar-refractivity contribution in [3.8, 4) is 5.75 Å². The van der Waals surface area contributed by atoms with Crippen LogP contribution in [0.2, 0.25) is 0 Å². The maximum absolute atomic E-state index is 11.4. The minimum absolute atomic E-state index is 0.268. The zero-order chi connectivity index (χ0) is 20.8. The molecule has 156 valence electrons. The van der Waals surface area contributed by atoms with Gasteiger partial charge in [-0.1, -0.05) is 19.3 Å². The average molecular weight is 399 g/mol. The van der Waals surface area contributed by atoms with Gasteiger partial charge >= 0.3 is 6.03 Å². The number of nitrogens with two attached hydrogens (primary N) is 1. The largest absolute Gasteiger partial charge is 0.484 e. The minimum atomic E-state index is -0.891. The number of imide groups is 1. The quantitative estimate of drug-likeness (QED) is 0.663. The van der Waals surface area contributed by atoms with E-state index >= 15 is 0 Å². The van der Waals surface area contributed by atoms with Gasteiger partial charge in [0, 0.05) is 37.0 Å². The number of anilines is 1. The number of aryl methyl sites for hydroxylation is 2. The molecule has 3 amide bonds. The van der Waals surface area contributed by atoms with Crippen LogP contribution in [0.1, 0.15) is 54.8 Å². The van der Waals surface area contributed by atoms with Gasteiger partial charge in [-0.3, -0.25) is 14.8 Å². The third-order valence-corrected chi connectivity index (χ3v) is 5.23. The lowest BCUT2D eigenvalue weighted by Gasteiger charge is -2.21. The highest BCUT2D eigenvalue weighted by molar-refractivity contribution is 5.94. The van der Waals surface area contributed by atoms with E-state index in [1.165, 1.54) is 43.4 Å². The van der Waals surface area contributed by atoms with Gasteiger partial charge in [-0.25, -0.2) is 4.79 Å². The Morgan fingerprint density at radius 3 is 2.72 bits per heavy atom. The molecule has 4 N–H and O–H groups in total. The molecule has 8 nitrogen and oxygen atoms in total. The Labute approximate surface area is 170 Å². The first-order valence-electron chi connectivity index (χ1n) is 10.0. The highest BCUT2D eigenvalue weighted by atomic mass is 16.5. The topological polar surface area (TPSA) is 111 Å². The molecule has 1 aliphatic carbocycles. The molecule has 0 radical (unpaired) electrons. The zero-order valence-electron chi connectivity index (χ0n) is 17.0. The molecule has 2 aromatic rings. The van der Waals surface area contributed by atoms with Crippen LogP contribution in [-0.4, -0.2) is 28.3 Å². The first-order valence-corrected chi connectivity index (χ1v) is 10.0. The van der Waals surface area contributed by atoms with E-state index in [1.54, 1.807) is 6.07 Å². The Hall–Kier alpha value is -3.03. The number of carbonyl (C=O) groups excluding carboxylic acids is 2. The molecule has 1 aromatic heterocycles. The minimum Gasteiger partial charge on any atom is -0.484 e. The van der Waals surface area contributed by atoms with Crippen molar-refractivity contribution in [2.45, 2.75) is 51.5 Å². The lowest BCUT2D eigenvalue weighted by atomic mass is 9.85. The molecule has 0 atom stereocenters. The Kier molecular flexibility index (Phi) is 6.74. The van der Waals surface area contributed by atoms with Gasteiger partial charge in [-0.05, 0) is 43.5 Å². The van der Waals surface area contributed by atoms with Crippen molar-refractivity contribution in [3.63, 3.8) is 0 Å². The van der Waals surface area contributed by atoms with E-state index in [-0.39, 0.29) is 6.61 Å². The summed E-state index contributed by atoms with van der Waals surface area (Å²) in [4.78, 5) is 22.1. The maximum atomic E-state index is 11.4. The monoisotopic (exact) mass is 399 g/mol. The SMILES string of the molecule is Cc1cc(OCC(=O)NC(N)=O)ccc1NCc1cn(C)nc1C1CCCCC1. The molecule has 1 fully saturated rings. The van der Waals surface area contributed by atoms with Crippen LogP contribution in [0, 0.1) is 6.92 Å². The Bertz CT molecular complexity index is 871. The first kappa shape index (κ1) is 20.7. The number of nitrogens with zero attached hydrogens (tertiary/aromatic N) is 2. The first-order chi connectivity index (χ1) is 13.9. The zero-order valence-corrected chi connectivity index (χ0v) is 17.0. The molecule has 0 aliphatic heterocycles. The Morgan fingerprint density at radius 2 is 2.03 bits per heavy atom. The van der Waals surface area contributed by atoms with Crippen molar-refractivity contribution in [1.29, 1.82) is 0 Å². The standard InChI is InChI=1S/C21H29N5O3/c1-14-10-17(29-13-19(27)24-21(22)28)8-9-18(14)23-11-16-12-26(2)25-20(16)15-6-4-3-5-7-15/h8-10,12,15,23H,3-7,11,13H2,1-2H3,(H3,22,24,27,28).